The van der Waals surface area contributed by atoms with Crippen LogP contribution in [-0.4, -0.2) is 9.55 Å². The third-order valence-electron chi connectivity index (χ3n) is 3.73. The fourth-order valence-corrected chi connectivity index (χ4v) is 2.54. The summed E-state index contributed by atoms with van der Waals surface area (Å²) in [5.41, 5.74) is 2.16. The highest BCUT2D eigenvalue weighted by Gasteiger charge is 2.25. The van der Waals surface area contributed by atoms with Gasteiger partial charge in [0.2, 0.25) is 5.95 Å². The van der Waals surface area contributed by atoms with Gasteiger partial charge in [-0.1, -0.05) is 31.0 Å². The summed E-state index contributed by atoms with van der Waals surface area (Å²) in [4.78, 5) is 4.61. The molecule has 1 atom stereocenters. The van der Waals surface area contributed by atoms with E-state index < -0.39 is 0 Å². The Labute approximate surface area is 114 Å². The smallest absolute Gasteiger partial charge is 0.207 e. The molecule has 1 unspecified atom stereocenters. The van der Waals surface area contributed by atoms with Crippen molar-refractivity contribution in [1.29, 1.82) is 0 Å². The minimum absolute atomic E-state index is 0.514. The Hall–Kier alpha value is -1.77. The molecular formula is C16H21N3. The quantitative estimate of drug-likeness (QED) is 0.863. The molecule has 0 aliphatic heterocycles. The van der Waals surface area contributed by atoms with Crippen LogP contribution in [0.25, 0.3) is 0 Å². The highest BCUT2D eigenvalue weighted by molar-refractivity contribution is 5.53. The molecular weight excluding hydrogens is 234 g/mol. The summed E-state index contributed by atoms with van der Waals surface area (Å²) in [5.74, 6) is 1.89. The molecule has 1 saturated carbocycles. The van der Waals surface area contributed by atoms with Crippen molar-refractivity contribution in [1.82, 2.24) is 9.55 Å². The van der Waals surface area contributed by atoms with Crippen molar-refractivity contribution in [3.05, 3.63) is 42.2 Å². The summed E-state index contributed by atoms with van der Waals surface area (Å²) in [7, 11) is 0. The Morgan fingerprint density at radius 2 is 2.05 bits per heavy atom. The molecule has 1 N–H and O–H groups in total. The van der Waals surface area contributed by atoms with Crippen LogP contribution in [0.3, 0.4) is 0 Å². The van der Waals surface area contributed by atoms with Crippen molar-refractivity contribution in [2.75, 3.05) is 5.32 Å². The van der Waals surface area contributed by atoms with Gasteiger partial charge in [-0.15, -0.1) is 0 Å². The Morgan fingerprint density at radius 1 is 1.32 bits per heavy atom. The van der Waals surface area contributed by atoms with Gasteiger partial charge in [0.25, 0.3) is 0 Å². The van der Waals surface area contributed by atoms with Crippen LogP contribution in [0.1, 0.15) is 37.9 Å². The number of aryl methyl sites for hydroxylation is 1. The van der Waals surface area contributed by atoms with Gasteiger partial charge in [0, 0.05) is 17.9 Å². The monoisotopic (exact) mass is 255 g/mol. The zero-order chi connectivity index (χ0) is 13.2. The van der Waals surface area contributed by atoms with Crippen LogP contribution in [0.5, 0.6) is 0 Å². The van der Waals surface area contributed by atoms with Crippen LogP contribution in [-0.2, 0) is 0 Å². The van der Waals surface area contributed by atoms with Crippen LogP contribution >= 0.6 is 0 Å². The molecule has 2 aromatic rings. The van der Waals surface area contributed by atoms with Gasteiger partial charge >= 0.3 is 0 Å². The zero-order valence-corrected chi connectivity index (χ0v) is 11.6. The molecule has 0 spiro atoms. The molecule has 0 amide bonds. The van der Waals surface area contributed by atoms with E-state index in [9.17, 15) is 0 Å². The molecule has 3 nitrogen and oxygen atoms in total. The number of hydrogen-bond donors (Lipinski definition) is 1. The van der Waals surface area contributed by atoms with Crippen LogP contribution in [0.4, 0.5) is 11.6 Å². The molecule has 100 valence electrons. The number of benzene rings is 1. The van der Waals surface area contributed by atoms with Crippen LogP contribution < -0.4 is 5.32 Å². The molecule has 1 aromatic heterocycles. The first-order valence-corrected chi connectivity index (χ1v) is 7.10. The number of anilines is 2. The molecule has 19 heavy (non-hydrogen) atoms. The number of nitrogens with zero attached hydrogens (tertiary/aromatic N) is 2. The topological polar surface area (TPSA) is 29.9 Å². The number of nitrogens with one attached hydrogen (secondary N) is 1. The van der Waals surface area contributed by atoms with E-state index in [1.54, 1.807) is 0 Å². The van der Waals surface area contributed by atoms with E-state index >= 15 is 0 Å². The number of aromatic nitrogens is 2. The fourth-order valence-electron chi connectivity index (χ4n) is 2.54. The lowest BCUT2D eigenvalue weighted by atomic mass is 10.1. The fraction of sp³-hybridized carbons (Fsp3) is 0.438. The molecule has 0 saturated heterocycles. The van der Waals surface area contributed by atoms with Gasteiger partial charge in [-0.05, 0) is 38.3 Å². The largest absolute Gasteiger partial charge is 0.326 e. The van der Waals surface area contributed by atoms with Crippen LogP contribution in [0.2, 0.25) is 0 Å². The second-order valence-corrected chi connectivity index (χ2v) is 5.63. The first-order valence-electron chi connectivity index (χ1n) is 7.10. The standard InChI is InChI=1S/C16H21N3/c1-12-11-19(13(2)10-14-8-9-14)16(17-12)18-15-6-4-3-5-7-15/h3-7,11,13-14H,8-10H2,1-2H3,(H,17,18). The van der Waals surface area contributed by atoms with Gasteiger partial charge in [0.1, 0.15) is 0 Å². The molecule has 0 bridgehead atoms. The number of rotatable bonds is 5. The third-order valence-corrected chi connectivity index (χ3v) is 3.73. The lowest BCUT2D eigenvalue weighted by Gasteiger charge is -2.16. The lowest BCUT2D eigenvalue weighted by molar-refractivity contribution is 0.481. The highest BCUT2D eigenvalue weighted by atomic mass is 15.2. The van der Waals surface area contributed by atoms with Crippen LogP contribution in [0, 0.1) is 12.8 Å². The Balaban J connectivity index is 1.80. The minimum atomic E-state index is 0.514. The van der Waals surface area contributed by atoms with E-state index in [4.69, 9.17) is 0 Å². The van der Waals surface area contributed by atoms with Gasteiger partial charge < -0.3 is 9.88 Å². The Bertz CT molecular complexity index is 540. The molecule has 1 aromatic carbocycles. The van der Waals surface area contributed by atoms with Gasteiger partial charge in [0.05, 0.1) is 5.69 Å². The summed E-state index contributed by atoms with van der Waals surface area (Å²) in [5, 5.41) is 3.42. The number of imidazole rings is 1. The highest BCUT2D eigenvalue weighted by Crippen LogP contribution is 2.37. The summed E-state index contributed by atoms with van der Waals surface area (Å²) in [6.45, 7) is 4.34. The summed E-state index contributed by atoms with van der Waals surface area (Å²) < 4.78 is 2.28. The van der Waals surface area contributed by atoms with E-state index in [1.807, 2.05) is 18.2 Å². The average molecular weight is 255 g/mol. The molecule has 0 radical (unpaired) electrons. The van der Waals surface area contributed by atoms with Crippen molar-refractivity contribution >= 4 is 11.6 Å². The van der Waals surface area contributed by atoms with E-state index in [2.05, 4.69) is 47.0 Å². The third kappa shape index (κ3) is 2.98. The first kappa shape index (κ1) is 12.3. The van der Waals surface area contributed by atoms with Crippen molar-refractivity contribution < 1.29 is 0 Å². The maximum atomic E-state index is 4.61. The summed E-state index contributed by atoms with van der Waals surface area (Å²) in [6.07, 6.45) is 6.22. The SMILES string of the molecule is Cc1cn(C(C)CC2CC2)c(Nc2ccccc2)n1. The maximum Gasteiger partial charge on any atom is 0.207 e. The van der Waals surface area contributed by atoms with Crippen molar-refractivity contribution in [3.8, 4) is 0 Å². The van der Waals surface area contributed by atoms with Gasteiger partial charge in [-0.25, -0.2) is 4.98 Å². The normalized spacial score (nSPS) is 16.3. The van der Waals surface area contributed by atoms with E-state index in [1.165, 1.54) is 19.3 Å². The first-order chi connectivity index (χ1) is 9.22. The number of hydrogen-bond acceptors (Lipinski definition) is 2. The molecule has 1 aliphatic carbocycles. The lowest BCUT2D eigenvalue weighted by Crippen LogP contribution is -2.08. The molecule has 1 fully saturated rings. The van der Waals surface area contributed by atoms with E-state index in [-0.39, 0.29) is 0 Å². The minimum Gasteiger partial charge on any atom is -0.326 e. The summed E-state index contributed by atoms with van der Waals surface area (Å²) >= 11 is 0. The predicted molar refractivity (Wildman–Crippen MR) is 78.7 cm³/mol. The average Bonchev–Trinajstić information content (AvgIpc) is 3.13. The van der Waals surface area contributed by atoms with Gasteiger partial charge in [-0.3, -0.25) is 0 Å². The predicted octanol–water partition coefficient (Wildman–Crippen LogP) is 4.30. The van der Waals surface area contributed by atoms with Crippen molar-refractivity contribution in [3.63, 3.8) is 0 Å². The zero-order valence-electron chi connectivity index (χ0n) is 11.6. The number of para-hydroxylation sites is 1. The second kappa shape index (κ2) is 5.08. The molecule has 1 aliphatic rings. The maximum absolute atomic E-state index is 4.61. The second-order valence-electron chi connectivity index (χ2n) is 5.63. The molecule has 3 rings (SSSR count). The van der Waals surface area contributed by atoms with E-state index in [0.29, 0.717) is 6.04 Å². The van der Waals surface area contributed by atoms with Gasteiger partial charge in [0.15, 0.2) is 0 Å². The van der Waals surface area contributed by atoms with Gasteiger partial charge in [-0.2, -0.15) is 0 Å². The van der Waals surface area contributed by atoms with Crippen molar-refractivity contribution in [2.45, 2.75) is 39.2 Å². The Morgan fingerprint density at radius 3 is 2.74 bits per heavy atom. The Kier molecular flexibility index (Phi) is 3.28. The van der Waals surface area contributed by atoms with Crippen LogP contribution in [0.15, 0.2) is 36.5 Å². The van der Waals surface area contributed by atoms with E-state index in [0.717, 1.165) is 23.2 Å². The molecule has 3 heteroatoms. The van der Waals surface area contributed by atoms with Crippen molar-refractivity contribution in [2.24, 2.45) is 5.92 Å². The summed E-state index contributed by atoms with van der Waals surface area (Å²) in [6, 6.07) is 10.8. The molecule has 1 heterocycles.